The number of ether oxygens (including phenoxy) is 1. The summed E-state index contributed by atoms with van der Waals surface area (Å²) in [6, 6.07) is 10.7. The van der Waals surface area contributed by atoms with Gasteiger partial charge in [-0.15, -0.1) is 0 Å². The first-order chi connectivity index (χ1) is 12.1. The minimum absolute atomic E-state index is 0.00736. The molecule has 2 N–H and O–H groups in total. The normalized spacial score (nSPS) is 10.2. The van der Waals surface area contributed by atoms with Crippen molar-refractivity contribution in [2.45, 2.75) is 0 Å². The molecule has 126 valence electrons. The van der Waals surface area contributed by atoms with Gasteiger partial charge in [-0.3, -0.25) is 0 Å². The molecule has 0 unspecified atom stereocenters. The van der Waals surface area contributed by atoms with E-state index in [4.69, 9.17) is 4.74 Å². The van der Waals surface area contributed by atoms with E-state index in [1.54, 1.807) is 12.1 Å². The van der Waals surface area contributed by atoms with Gasteiger partial charge in [0.05, 0.1) is 18.1 Å². The average molecular weight is 342 g/mol. The van der Waals surface area contributed by atoms with Crippen LogP contribution in [-0.4, -0.2) is 16.0 Å². The molecule has 25 heavy (non-hydrogen) atoms. The van der Waals surface area contributed by atoms with Gasteiger partial charge in [-0.05, 0) is 30.3 Å². The van der Waals surface area contributed by atoms with E-state index in [-0.39, 0.29) is 17.4 Å². The molecule has 0 aliphatic rings. The van der Waals surface area contributed by atoms with Crippen molar-refractivity contribution in [3.8, 4) is 11.8 Å². The van der Waals surface area contributed by atoms with E-state index in [9.17, 15) is 13.6 Å². The second-order valence-electron chi connectivity index (χ2n) is 4.88. The molecule has 0 bridgehead atoms. The fraction of sp³-hybridized carbons (Fsp3) is 0. The van der Waals surface area contributed by atoms with Crippen LogP contribution in [0, 0.1) is 11.6 Å². The molecule has 2 aromatic carbocycles. The monoisotopic (exact) mass is 342 g/mol. The number of para-hydroxylation sites is 1. The fourth-order valence-electron chi connectivity index (χ4n) is 1.92. The summed E-state index contributed by atoms with van der Waals surface area (Å²) in [6.45, 7) is 0. The first kappa shape index (κ1) is 16.3. The summed E-state index contributed by atoms with van der Waals surface area (Å²) < 4.78 is 31.8. The van der Waals surface area contributed by atoms with Crippen molar-refractivity contribution in [1.29, 1.82) is 0 Å². The van der Waals surface area contributed by atoms with Gasteiger partial charge in [0.25, 0.3) is 0 Å². The van der Waals surface area contributed by atoms with Crippen LogP contribution in [0.3, 0.4) is 0 Å². The first-order valence-electron chi connectivity index (χ1n) is 7.18. The van der Waals surface area contributed by atoms with Gasteiger partial charge in [-0.2, -0.15) is 0 Å². The maximum Gasteiger partial charge on any atom is 0.323 e. The lowest BCUT2D eigenvalue weighted by molar-refractivity contribution is 0.262. The highest BCUT2D eigenvalue weighted by Crippen LogP contribution is 2.21. The van der Waals surface area contributed by atoms with Crippen LogP contribution in [0.4, 0.5) is 25.0 Å². The van der Waals surface area contributed by atoms with Gasteiger partial charge in [0, 0.05) is 5.69 Å². The molecule has 1 heterocycles. The Morgan fingerprint density at radius 1 is 0.920 bits per heavy atom. The molecule has 8 heteroatoms. The average Bonchev–Trinajstić information content (AvgIpc) is 2.58. The Balaban J connectivity index is 1.60. The Labute approximate surface area is 141 Å². The molecule has 3 rings (SSSR count). The lowest BCUT2D eigenvalue weighted by Gasteiger charge is -2.08. The highest BCUT2D eigenvalue weighted by Gasteiger charge is 2.07. The number of hydrogen-bond acceptors (Lipinski definition) is 4. The molecule has 0 atom stereocenters. The van der Waals surface area contributed by atoms with Gasteiger partial charge in [0.15, 0.2) is 11.6 Å². The lowest BCUT2D eigenvalue weighted by Crippen LogP contribution is -2.19. The Morgan fingerprint density at radius 3 is 2.36 bits per heavy atom. The predicted octanol–water partition coefficient (Wildman–Crippen LogP) is 4.19. The standard InChI is InChI=1S/C17H12F2N4O2/c18-11-4-3-5-12(8-11)22-16(24)23-13-9-20-17(21-10-13)25-15-7-2-1-6-14(15)19/h1-10H,(H2,22,23,24). The zero-order valence-corrected chi connectivity index (χ0v) is 12.7. The second-order valence-corrected chi connectivity index (χ2v) is 4.88. The summed E-state index contributed by atoms with van der Waals surface area (Å²) in [5, 5.41) is 4.95. The molecule has 0 fully saturated rings. The van der Waals surface area contributed by atoms with Gasteiger partial charge in [-0.1, -0.05) is 18.2 Å². The van der Waals surface area contributed by atoms with Crippen LogP contribution in [0.25, 0.3) is 0 Å². The van der Waals surface area contributed by atoms with Crippen molar-refractivity contribution in [2.24, 2.45) is 0 Å². The van der Waals surface area contributed by atoms with Crippen molar-refractivity contribution < 1.29 is 18.3 Å². The Bertz CT molecular complexity index is 888. The van der Waals surface area contributed by atoms with Crippen LogP contribution in [-0.2, 0) is 0 Å². The van der Waals surface area contributed by atoms with Gasteiger partial charge >= 0.3 is 12.0 Å². The van der Waals surface area contributed by atoms with Gasteiger partial charge < -0.3 is 15.4 Å². The van der Waals surface area contributed by atoms with E-state index < -0.39 is 17.7 Å². The second kappa shape index (κ2) is 7.35. The van der Waals surface area contributed by atoms with Crippen molar-refractivity contribution in [3.63, 3.8) is 0 Å². The number of urea groups is 1. The third kappa shape index (κ3) is 4.47. The van der Waals surface area contributed by atoms with Crippen molar-refractivity contribution in [1.82, 2.24) is 9.97 Å². The summed E-state index contributed by atoms with van der Waals surface area (Å²) in [7, 11) is 0. The predicted molar refractivity (Wildman–Crippen MR) is 87.5 cm³/mol. The van der Waals surface area contributed by atoms with Crippen LogP contribution in [0.1, 0.15) is 0 Å². The van der Waals surface area contributed by atoms with Gasteiger partial charge in [0.1, 0.15) is 5.82 Å². The summed E-state index contributed by atoms with van der Waals surface area (Å²) in [5.41, 5.74) is 0.590. The summed E-state index contributed by atoms with van der Waals surface area (Å²) in [5.74, 6) is -1.01. The Hall–Kier alpha value is -3.55. The van der Waals surface area contributed by atoms with E-state index in [0.29, 0.717) is 5.69 Å². The molecule has 0 saturated carbocycles. The summed E-state index contributed by atoms with van der Waals surface area (Å²) in [4.78, 5) is 19.6. The highest BCUT2D eigenvalue weighted by atomic mass is 19.1. The molecule has 0 radical (unpaired) electrons. The number of hydrogen-bond donors (Lipinski definition) is 2. The van der Waals surface area contributed by atoms with Crippen LogP contribution >= 0.6 is 0 Å². The Morgan fingerprint density at radius 2 is 1.64 bits per heavy atom. The fourth-order valence-corrected chi connectivity index (χ4v) is 1.92. The molecule has 0 aliphatic carbocycles. The quantitative estimate of drug-likeness (QED) is 0.745. The largest absolute Gasteiger partial charge is 0.421 e. The number of benzene rings is 2. The molecular formula is C17H12F2N4O2. The number of anilines is 2. The number of amides is 2. The first-order valence-corrected chi connectivity index (χ1v) is 7.18. The maximum absolute atomic E-state index is 13.5. The zero-order valence-electron chi connectivity index (χ0n) is 12.7. The van der Waals surface area contributed by atoms with E-state index >= 15 is 0 Å². The summed E-state index contributed by atoms with van der Waals surface area (Å²) in [6.07, 6.45) is 2.60. The molecule has 2 amide bonds. The number of nitrogens with zero attached hydrogens (tertiary/aromatic N) is 2. The number of carbonyl (C=O) groups is 1. The molecule has 0 aliphatic heterocycles. The molecule has 0 saturated heterocycles. The number of nitrogens with one attached hydrogen (secondary N) is 2. The zero-order chi connectivity index (χ0) is 17.6. The highest BCUT2D eigenvalue weighted by molar-refractivity contribution is 5.99. The van der Waals surface area contributed by atoms with Crippen LogP contribution in [0.2, 0.25) is 0 Å². The van der Waals surface area contributed by atoms with Crippen LogP contribution < -0.4 is 15.4 Å². The Kier molecular flexibility index (Phi) is 4.79. The number of rotatable bonds is 4. The third-order valence-electron chi connectivity index (χ3n) is 3.01. The number of halogens is 2. The molecule has 1 aromatic heterocycles. The maximum atomic E-state index is 13.5. The minimum Gasteiger partial charge on any atom is -0.421 e. The van der Waals surface area contributed by atoms with Gasteiger partial charge in [-0.25, -0.2) is 23.5 Å². The van der Waals surface area contributed by atoms with Crippen molar-refractivity contribution in [3.05, 3.63) is 72.6 Å². The van der Waals surface area contributed by atoms with E-state index in [0.717, 1.165) is 0 Å². The van der Waals surface area contributed by atoms with Crippen molar-refractivity contribution in [2.75, 3.05) is 10.6 Å². The summed E-state index contributed by atoms with van der Waals surface area (Å²) >= 11 is 0. The van der Waals surface area contributed by atoms with E-state index in [1.807, 2.05) is 0 Å². The molecule has 6 nitrogen and oxygen atoms in total. The molecule has 0 spiro atoms. The van der Waals surface area contributed by atoms with E-state index in [2.05, 4.69) is 20.6 Å². The van der Waals surface area contributed by atoms with Crippen LogP contribution in [0.5, 0.6) is 11.8 Å². The molecule has 3 aromatic rings. The van der Waals surface area contributed by atoms with E-state index in [1.165, 1.54) is 48.8 Å². The topological polar surface area (TPSA) is 76.1 Å². The van der Waals surface area contributed by atoms with Crippen molar-refractivity contribution >= 4 is 17.4 Å². The third-order valence-corrected chi connectivity index (χ3v) is 3.01. The minimum atomic E-state index is -0.586. The number of aromatic nitrogens is 2. The lowest BCUT2D eigenvalue weighted by atomic mass is 10.3. The van der Waals surface area contributed by atoms with Crippen LogP contribution in [0.15, 0.2) is 60.9 Å². The number of carbonyl (C=O) groups excluding carboxylic acids is 1. The smallest absolute Gasteiger partial charge is 0.323 e. The molecular weight excluding hydrogens is 330 g/mol. The SMILES string of the molecule is O=C(Nc1cnc(Oc2ccccc2F)nc1)Nc1cccc(F)c1. The van der Waals surface area contributed by atoms with Gasteiger partial charge in [0.2, 0.25) is 0 Å².